The molecule has 1 unspecified atom stereocenters. The maximum Gasteiger partial charge on any atom is 0.187 e. The minimum absolute atomic E-state index is 0.0229. The van der Waals surface area contributed by atoms with Gasteiger partial charge in [-0.25, -0.2) is 5.01 Å². The van der Waals surface area contributed by atoms with E-state index in [-0.39, 0.29) is 11.2 Å². The third-order valence-corrected chi connectivity index (χ3v) is 4.21. The van der Waals surface area contributed by atoms with Gasteiger partial charge in [-0.05, 0) is 42.4 Å². The van der Waals surface area contributed by atoms with E-state index in [4.69, 9.17) is 22.7 Å². The van der Waals surface area contributed by atoms with E-state index < -0.39 is 0 Å². The molecule has 0 saturated carbocycles. The first-order valence-electron chi connectivity index (χ1n) is 7.45. The summed E-state index contributed by atoms with van der Waals surface area (Å²) < 4.78 is 5.22. The van der Waals surface area contributed by atoms with Gasteiger partial charge < -0.3 is 10.5 Å². The number of rotatable bonds is 3. The zero-order valence-corrected chi connectivity index (χ0v) is 14.0. The van der Waals surface area contributed by atoms with Crippen LogP contribution in [-0.2, 0) is 0 Å². The third-order valence-electron chi connectivity index (χ3n) is 4.02. The van der Waals surface area contributed by atoms with Crippen molar-refractivity contribution < 1.29 is 4.74 Å². The Hall–Kier alpha value is -2.40. The number of aryl methyl sites for hydroxylation is 1. The zero-order valence-electron chi connectivity index (χ0n) is 13.2. The second kappa shape index (κ2) is 6.38. The maximum atomic E-state index is 5.87. The van der Waals surface area contributed by atoms with Crippen LogP contribution in [0.15, 0.2) is 53.6 Å². The molecule has 1 aliphatic rings. The van der Waals surface area contributed by atoms with Crippen molar-refractivity contribution in [1.82, 2.24) is 5.01 Å². The number of nitrogens with zero attached hydrogens (tertiary/aromatic N) is 2. The van der Waals surface area contributed by atoms with Gasteiger partial charge in [-0.2, -0.15) is 5.10 Å². The lowest BCUT2D eigenvalue weighted by Crippen LogP contribution is -2.31. The molecule has 118 valence electrons. The summed E-state index contributed by atoms with van der Waals surface area (Å²) in [5.74, 6) is 0.827. The Bertz CT molecular complexity index is 738. The van der Waals surface area contributed by atoms with Gasteiger partial charge in [-0.15, -0.1) is 0 Å². The van der Waals surface area contributed by atoms with E-state index in [1.807, 2.05) is 24.3 Å². The Morgan fingerprint density at radius 3 is 2.39 bits per heavy atom. The number of ether oxygens (including phenoxy) is 1. The van der Waals surface area contributed by atoms with Gasteiger partial charge in [0.15, 0.2) is 5.11 Å². The smallest absolute Gasteiger partial charge is 0.187 e. The third kappa shape index (κ3) is 3.19. The molecular formula is C18H19N3OS. The van der Waals surface area contributed by atoms with Crippen LogP contribution in [0.1, 0.15) is 29.2 Å². The summed E-state index contributed by atoms with van der Waals surface area (Å²) in [4.78, 5) is 0. The molecule has 0 aromatic heterocycles. The second-order valence-electron chi connectivity index (χ2n) is 5.59. The van der Waals surface area contributed by atoms with Crippen LogP contribution < -0.4 is 10.5 Å². The lowest BCUT2D eigenvalue weighted by Gasteiger charge is -2.22. The van der Waals surface area contributed by atoms with E-state index in [0.29, 0.717) is 0 Å². The van der Waals surface area contributed by atoms with Gasteiger partial charge in [0.05, 0.1) is 18.9 Å². The largest absolute Gasteiger partial charge is 0.497 e. The molecular weight excluding hydrogens is 306 g/mol. The SMILES string of the molecule is COc1ccc(C2CC(c3ccc(C)cc3)=NN2C(N)=S)cc1. The molecule has 23 heavy (non-hydrogen) atoms. The molecule has 0 spiro atoms. The monoisotopic (exact) mass is 325 g/mol. The molecule has 2 aromatic carbocycles. The quantitative estimate of drug-likeness (QED) is 0.879. The second-order valence-corrected chi connectivity index (χ2v) is 6.01. The van der Waals surface area contributed by atoms with Crippen molar-refractivity contribution in [3.63, 3.8) is 0 Å². The van der Waals surface area contributed by atoms with Crippen LogP contribution in [-0.4, -0.2) is 22.9 Å². The summed E-state index contributed by atoms with van der Waals surface area (Å²) in [6.07, 6.45) is 0.771. The predicted molar refractivity (Wildman–Crippen MR) is 96.7 cm³/mol. The fourth-order valence-corrected chi connectivity index (χ4v) is 2.89. The topological polar surface area (TPSA) is 50.8 Å². The van der Waals surface area contributed by atoms with Gasteiger partial charge >= 0.3 is 0 Å². The number of thiocarbonyl (C=S) groups is 1. The summed E-state index contributed by atoms with van der Waals surface area (Å²) in [6.45, 7) is 2.07. The molecule has 0 amide bonds. The van der Waals surface area contributed by atoms with Crippen LogP contribution in [0.5, 0.6) is 5.75 Å². The van der Waals surface area contributed by atoms with Crippen LogP contribution in [0.2, 0.25) is 0 Å². The number of hydrogen-bond acceptors (Lipinski definition) is 3. The molecule has 2 N–H and O–H groups in total. The minimum Gasteiger partial charge on any atom is -0.497 e. The lowest BCUT2D eigenvalue weighted by molar-refractivity contribution is 0.371. The Morgan fingerprint density at radius 2 is 1.83 bits per heavy atom. The normalized spacial score (nSPS) is 17.0. The molecule has 1 atom stereocenters. The number of hydrogen-bond donors (Lipinski definition) is 1. The van der Waals surface area contributed by atoms with E-state index in [0.717, 1.165) is 29.0 Å². The van der Waals surface area contributed by atoms with Crippen molar-refractivity contribution in [2.45, 2.75) is 19.4 Å². The molecule has 0 bridgehead atoms. The highest BCUT2D eigenvalue weighted by molar-refractivity contribution is 7.80. The molecule has 0 radical (unpaired) electrons. The highest BCUT2D eigenvalue weighted by Gasteiger charge is 2.30. The van der Waals surface area contributed by atoms with E-state index in [1.165, 1.54) is 5.56 Å². The van der Waals surface area contributed by atoms with Gasteiger partial charge in [0.2, 0.25) is 0 Å². The molecule has 4 nitrogen and oxygen atoms in total. The van der Waals surface area contributed by atoms with Gasteiger partial charge in [0, 0.05) is 6.42 Å². The summed E-state index contributed by atoms with van der Waals surface area (Å²) in [5.41, 5.74) is 10.3. The Kier molecular flexibility index (Phi) is 4.30. The molecule has 1 aliphatic heterocycles. The van der Waals surface area contributed by atoms with Gasteiger partial charge in [-0.1, -0.05) is 42.0 Å². The average Bonchev–Trinajstić information content (AvgIpc) is 3.01. The molecule has 5 heteroatoms. The number of hydrazone groups is 1. The van der Waals surface area contributed by atoms with E-state index in [2.05, 4.69) is 36.3 Å². The lowest BCUT2D eigenvalue weighted by atomic mass is 9.98. The molecule has 0 saturated heterocycles. The number of benzene rings is 2. The van der Waals surface area contributed by atoms with E-state index >= 15 is 0 Å². The Morgan fingerprint density at radius 1 is 1.17 bits per heavy atom. The summed E-state index contributed by atoms with van der Waals surface area (Å²) in [7, 11) is 1.66. The van der Waals surface area contributed by atoms with Crippen LogP contribution in [0.25, 0.3) is 0 Å². The van der Waals surface area contributed by atoms with Gasteiger partial charge in [0.1, 0.15) is 5.75 Å². The average molecular weight is 325 g/mol. The number of nitrogens with two attached hydrogens (primary N) is 1. The van der Waals surface area contributed by atoms with E-state index in [1.54, 1.807) is 12.1 Å². The van der Waals surface area contributed by atoms with Gasteiger partial charge in [0.25, 0.3) is 0 Å². The van der Waals surface area contributed by atoms with Crippen molar-refractivity contribution in [1.29, 1.82) is 0 Å². The summed E-state index contributed by atoms with van der Waals surface area (Å²) >= 11 is 5.18. The van der Waals surface area contributed by atoms with Crippen molar-refractivity contribution >= 4 is 23.0 Å². The first-order chi connectivity index (χ1) is 11.1. The first kappa shape index (κ1) is 15.5. The summed E-state index contributed by atoms with van der Waals surface area (Å²) in [5, 5.41) is 6.65. The number of methoxy groups -OCH3 is 1. The van der Waals surface area contributed by atoms with E-state index in [9.17, 15) is 0 Å². The predicted octanol–water partition coefficient (Wildman–Crippen LogP) is 3.40. The minimum atomic E-state index is 0.0229. The fraction of sp³-hybridized carbons (Fsp3) is 0.222. The van der Waals surface area contributed by atoms with Crippen LogP contribution in [0.4, 0.5) is 0 Å². The maximum absolute atomic E-state index is 5.87. The molecule has 2 aromatic rings. The highest BCUT2D eigenvalue weighted by Crippen LogP contribution is 2.33. The molecule has 0 fully saturated rings. The van der Waals surface area contributed by atoms with Crippen molar-refractivity contribution in [3.05, 3.63) is 65.2 Å². The first-order valence-corrected chi connectivity index (χ1v) is 7.86. The van der Waals surface area contributed by atoms with Crippen molar-refractivity contribution in [2.75, 3.05) is 7.11 Å². The molecule has 1 heterocycles. The zero-order chi connectivity index (χ0) is 16.4. The van der Waals surface area contributed by atoms with Crippen LogP contribution in [0.3, 0.4) is 0 Å². The van der Waals surface area contributed by atoms with Crippen LogP contribution in [0, 0.1) is 6.92 Å². The standard InChI is InChI=1S/C18H19N3OS/c1-12-3-5-13(6-4-12)16-11-17(21(20-16)18(19)23)14-7-9-15(22-2)10-8-14/h3-10,17H,11H2,1-2H3,(H2,19,23). The molecule has 3 rings (SSSR count). The van der Waals surface area contributed by atoms with Crippen molar-refractivity contribution in [2.24, 2.45) is 10.8 Å². The van der Waals surface area contributed by atoms with Crippen LogP contribution >= 0.6 is 12.2 Å². The van der Waals surface area contributed by atoms with Crippen molar-refractivity contribution in [3.8, 4) is 5.75 Å². The summed E-state index contributed by atoms with van der Waals surface area (Å²) in [6, 6.07) is 16.3. The Labute approximate surface area is 141 Å². The highest BCUT2D eigenvalue weighted by atomic mass is 32.1. The fourth-order valence-electron chi connectivity index (χ4n) is 2.72. The molecule has 0 aliphatic carbocycles. The van der Waals surface area contributed by atoms with Gasteiger partial charge in [-0.3, -0.25) is 0 Å². The Balaban J connectivity index is 1.90.